The van der Waals surface area contributed by atoms with Crippen molar-refractivity contribution in [2.24, 2.45) is 5.92 Å². The minimum atomic E-state index is 0.0482. The van der Waals surface area contributed by atoms with Crippen LogP contribution in [0.15, 0.2) is 18.3 Å². The van der Waals surface area contributed by atoms with E-state index in [4.69, 9.17) is 0 Å². The summed E-state index contributed by atoms with van der Waals surface area (Å²) in [5.41, 5.74) is 1.46. The zero-order valence-electron chi connectivity index (χ0n) is 11.1. The van der Waals surface area contributed by atoms with Crippen LogP contribution in [0.3, 0.4) is 0 Å². The third-order valence-electron chi connectivity index (χ3n) is 3.64. The summed E-state index contributed by atoms with van der Waals surface area (Å²) >= 11 is 0. The van der Waals surface area contributed by atoms with Crippen LogP contribution in [-0.2, 0) is 0 Å². The standard InChI is InChI=1S/C14H21N3O/c1-3-17(10-11-5-4-6-11)14(18)13-8-7-12(15-2)9-16-13/h7-9,11,15H,3-6,10H2,1-2H3. The second kappa shape index (κ2) is 5.85. The number of nitrogens with one attached hydrogen (secondary N) is 1. The molecule has 1 saturated carbocycles. The minimum absolute atomic E-state index is 0.0482. The zero-order valence-corrected chi connectivity index (χ0v) is 11.1. The number of nitrogens with zero attached hydrogens (tertiary/aromatic N) is 2. The van der Waals surface area contributed by atoms with Gasteiger partial charge in [0.15, 0.2) is 0 Å². The predicted octanol–water partition coefficient (Wildman–Crippen LogP) is 2.39. The summed E-state index contributed by atoms with van der Waals surface area (Å²) in [6.07, 6.45) is 5.53. The van der Waals surface area contributed by atoms with Crippen LogP contribution >= 0.6 is 0 Å². The lowest BCUT2D eigenvalue weighted by Gasteiger charge is -2.31. The SMILES string of the molecule is CCN(CC1CCC1)C(=O)c1ccc(NC)cn1. The first kappa shape index (κ1) is 12.9. The third-order valence-corrected chi connectivity index (χ3v) is 3.64. The third kappa shape index (κ3) is 2.81. The summed E-state index contributed by atoms with van der Waals surface area (Å²) in [6, 6.07) is 3.68. The van der Waals surface area contributed by atoms with E-state index in [1.807, 2.05) is 24.9 Å². The van der Waals surface area contributed by atoms with Crippen LogP contribution in [0.25, 0.3) is 0 Å². The van der Waals surface area contributed by atoms with Crippen molar-refractivity contribution in [1.29, 1.82) is 0 Å². The smallest absolute Gasteiger partial charge is 0.272 e. The van der Waals surface area contributed by atoms with Crippen LogP contribution < -0.4 is 5.32 Å². The highest BCUT2D eigenvalue weighted by atomic mass is 16.2. The second-order valence-corrected chi connectivity index (χ2v) is 4.82. The molecule has 1 aromatic rings. The van der Waals surface area contributed by atoms with Gasteiger partial charge >= 0.3 is 0 Å². The molecular formula is C14H21N3O. The van der Waals surface area contributed by atoms with Crippen molar-refractivity contribution in [2.45, 2.75) is 26.2 Å². The van der Waals surface area contributed by atoms with Gasteiger partial charge < -0.3 is 10.2 Å². The molecular weight excluding hydrogens is 226 g/mol. The van der Waals surface area contributed by atoms with Gasteiger partial charge in [-0.05, 0) is 37.8 Å². The van der Waals surface area contributed by atoms with Gasteiger partial charge in [0, 0.05) is 20.1 Å². The van der Waals surface area contributed by atoms with Crippen LogP contribution in [0.2, 0.25) is 0 Å². The summed E-state index contributed by atoms with van der Waals surface area (Å²) < 4.78 is 0. The summed E-state index contributed by atoms with van der Waals surface area (Å²) in [6.45, 7) is 3.66. The lowest BCUT2D eigenvalue weighted by molar-refractivity contribution is 0.0700. The Hall–Kier alpha value is -1.58. The number of aromatic nitrogens is 1. The van der Waals surface area contributed by atoms with E-state index in [9.17, 15) is 4.79 Å². The topological polar surface area (TPSA) is 45.2 Å². The Balaban J connectivity index is 2.02. The number of pyridine rings is 1. The largest absolute Gasteiger partial charge is 0.387 e. The molecule has 0 atom stereocenters. The summed E-state index contributed by atoms with van der Waals surface area (Å²) in [5, 5.41) is 3.00. The maximum Gasteiger partial charge on any atom is 0.272 e. The van der Waals surface area contributed by atoms with Gasteiger partial charge in [0.25, 0.3) is 5.91 Å². The lowest BCUT2D eigenvalue weighted by atomic mass is 9.85. The fourth-order valence-corrected chi connectivity index (χ4v) is 2.17. The Kier molecular flexibility index (Phi) is 4.18. The zero-order chi connectivity index (χ0) is 13.0. The molecule has 4 heteroatoms. The Morgan fingerprint density at radius 2 is 2.28 bits per heavy atom. The van der Waals surface area contributed by atoms with E-state index in [1.165, 1.54) is 19.3 Å². The van der Waals surface area contributed by atoms with Gasteiger partial charge in [-0.2, -0.15) is 0 Å². The van der Waals surface area contributed by atoms with Crippen LogP contribution in [0.4, 0.5) is 5.69 Å². The average Bonchev–Trinajstić information content (AvgIpc) is 2.37. The first-order chi connectivity index (χ1) is 8.74. The number of hydrogen-bond acceptors (Lipinski definition) is 3. The normalized spacial score (nSPS) is 15.0. The van der Waals surface area contributed by atoms with Gasteiger partial charge in [0.05, 0.1) is 11.9 Å². The van der Waals surface area contributed by atoms with Gasteiger partial charge in [-0.25, -0.2) is 4.98 Å². The van der Waals surface area contributed by atoms with Gasteiger partial charge in [-0.15, -0.1) is 0 Å². The van der Waals surface area contributed by atoms with Crippen molar-refractivity contribution in [3.05, 3.63) is 24.0 Å². The van der Waals surface area contributed by atoms with E-state index in [1.54, 1.807) is 12.3 Å². The Morgan fingerprint density at radius 3 is 2.72 bits per heavy atom. The second-order valence-electron chi connectivity index (χ2n) is 4.82. The van der Waals surface area contributed by atoms with Crippen molar-refractivity contribution in [3.8, 4) is 0 Å². The minimum Gasteiger partial charge on any atom is -0.387 e. The number of rotatable bonds is 5. The molecule has 0 unspecified atom stereocenters. The molecule has 98 valence electrons. The molecule has 0 saturated heterocycles. The molecule has 1 fully saturated rings. The van der Waals surface area contributed by atoms with E-state index < -0.39 is 0 Å². The quantitative estimate of drug-likeness (QED) is 0.869. The number of anilines is 1. The summed E-state index contributed by atoms with van der Waals surface area (Å²) in [4.78, 5) is 18.4. The highest BCUT2D eigenvalue weighted by Gasteiger charge is 2.23. The van der Waals surface area contributed by atoms with E-state index >= 15 is 0 Å². The predicted molar refractivity (Wildman–Crippen MR) is 72.7 cm³/mol. The van der Waals surface area contributed by atoms with Crippen molar-refractivity contribution in [3.63, 3.8) is 0 Å². The van der Waals surface area contributed by atoms with Crippen molar-refractivity contribution >= 4 is 11.6 Å². The molecule has 1 heterocycles. The summed E-state index contributed by atoms with van der Waals surface area (Å²) in [7, 11) is 1.84. The van der Waals surface area contributed by atoms with Gasteiger partial charge in [-0.3, -0.25) is 4.79 Å². The highest BCUT2D eigenvalue weighted by molar-refractivity contribution is 5.92. The van der Waals surface area contributed by atoms with Gasteiger partial charge in [0.1, 0.15) is 5.69 Å². The fourth-order valence-electron chi connectivity index (χ4n) is 2.17. The molecule has 18 heavy (non-hydrogen) atoms. The molecule has 1 aromatic heterocycles. The fraction of sp³-hybridized carbons (Fsp3) is 0.571. The monoisotopic (exact) mass is 247 g/mol. The van der Waals surface area contributed by atoms with E-state index in [0.717, 1.165) is 18.8 Å². The Bertz CT molecular complexity index is 398. The van der Waals surface area contributed by atoms with Crippen molar-refractivity contribution < 1.29 is 4.79 Å². The Labute approximate surface area is 108 Å². The van der Waals surface area contributed by atoms with E-state index in [2.05, 4.69) is 10.3 Å². The van der Waals surface area contributed by atoms with Crippen LogP contribution in [0.1, 0.15) is 36.7 Å². The number of hydrogen-bond donors (Lipinski definition) is 1. The van der Waals surface area contributed by atoms with E-state index in [0.29, 0.717) is 11.6 Å². The van der Waals surface area contributed by atoms with Crippen LogP contribution in [-0.4, -0.2) is 35.9 Å². The molecule has 1 N–H and O–H groups in total. The van der Waals surface area contributed by atoms with Crippen LogP contribution in [0.5, 0.6) is 0 Å². The van der Waals surface area contributed by atoms with Gasteiger partial charge in [0.2, 0.25) is 0 Å². The first-order valence-corrected chi connectivity index (χ1v) is 6.67. The molecule has 4 nitrogen and oxygen atoms in total. The molecule has 2 rings (SSSR count). The Morgan fingerprint density at radius 1 is 1.50 bits per heavy atom. The first-order valence-electron chi connectivity index (χ1n) is 6.67. The number of carbonyl (C=O) groups is 1. The van der Waals surface area contributed by atoms with Crippen LogP contribution in [0, 0.1) is 5.92 Å². The molecule has 0 spiro atoms. The molecule has 0 aliphatic heterocycles. The molecule has 1 aliphatic carbocycles. The van der Waals surface area contributed by atoms with Gasteiger partial charge in [-0.1, -0.05) is 6.42 Å². The van der Waals surface area contributed by atoms with Crippen molar-refractivity contribution in [1.82, 2.24) is 9.88 Å². The average molecular weight is 247 g/mol. The maximum atomic E-state index is 12.3. The molecule has 0 aromatic carbocycles. The van der Waals surface area contributed by atoms with E-state index in [-0.39, 0.29) is 5.91 Å². The summed E-state index contributed by atoms with van der Waals surface area (Å²) in [5.74, 6) is 0.748. The lowest BCUT2D eigenvalue weighted by Crippen LogP contribution is -2.37. The number of amides is 1. The number of carbonyl (C=O) groups excluding carboxylic acids is 1. The van der Waals surface area contributed by atoms with Crippen molar-refractivity contribution in [2.75, 3.05) is 25.5 Å². The molecule has 0 radical (unpaired) electrons. The maximum absolute atomic E-state index is 12.3. The molecule has 1 amide bonds. The molecule has 0 bridgehead atoms. The highest BCUT2D eigenvalue weighted by Crippen LogP contribution is 2.27. The molecule has 1 aliphatic rings.